The van der Waals surface area contributed by atoms with Crippen LogP contribution in [-0.2, 0) is 10.3 Å². The van der Waals surface area contributed by atoms with Crippen molar-refractivity contribution in [1.29, 1.82) is 0 Å². The lowest BCUT2D eigenvalue weighted by Crippen LogP contribution is -2.41. The molecule has 2 aromatic rings. The summed E-state index contributed by atoms with van der Waals surface area (Å²) in [6.07, 6.45) is 0. The third-order valence-corrected chi connectivity index (χ3v) is 4.93. The van der Waals surface area contributed by atoms with E-state index in [4.69, 9.17) is 0 Å². The molecule has 2 aromatic carbocycles. The number of urea groups is 1. The normalized spacial score (nSPS) is 18.9. The van der Waals surface area contributed by atoms with Gasteiger partial charge in [-0.25, -0.2) is 4.79 Å². The van der Waals surface area contributed by atoms with Gasteiger partial charge in [-0.15, -0.1) is 0 Å². The fourth-order valence-electron chi connectivity index (χ4n) is 3.14. The van der Waals surface area contributed by atoms with E-state index in [0.717, 1.165) is 16.5 Å². The maximum absolute atomic E-state index is 12.9. The van der Waals surface area contributed by atoms with Crippen LogP contribution in [0.25, 0.3) is 0 Å². The minimum atomic E-state index is -1.27. The van der Waals surface area contributed by atoms with Gasteiger partial charge in [0, 0.05) is 17.2 Å². The number of nitrogens with zero attached hydrogens (tertiary/aromatic N) is 2. The summed E-state index contributed by atoms with van der Waals surface area (Å²) in [5, 5.41) is 13.7. The van der Waals surface area contributed by atoms with Crippen LogP contribution in [0.2, 0.25) is 0 Å². The number of hydrogen-bond acceptors (Lipinski definition) is 5. The van der Waals surface area contributed by atoms with Gasteiger partial charge in [-0.1, -0.05) is 42.0 Å². The van der Waals surface area contributed by atoms with Gasteiger partial charge in [-0.2, -0.15) is 0 Å². The van der Waals surface area contributed by atoms with Gasteiger partial charge in [0.05, 0.1) is 11.5 Å². The first-order valence-electron chi connectivity index (χ1n) is 8.63. The molecule has 1 aliphatic heterocycles. The lowest BCUT2D eigenvalue weighted by Gasteiger charge is -2.22. The number of nitro benzene ring substituents is 1. The van der Waals surface area contributed by atoms with Crippen molar-refractivity contribution >= 4 is 23.4 Å². The van der Waals surface area contributed by atoms with E-state index in [2.05, 4.69) is 5.32 Å². The van der Waals surface area contributed by atoms with Gasteiger partial charge in [0.15, 0.2) is 5.78 Å². The van der Waals surface area contributed by atoms with Crippen molar-refractivity contribution in [3.05, 3.63) is 74.8 Å². The number of carbonyl (C=O) groups excluding carboxylic acids is 3. The van der Waals surface area contributed by atoms with Crippen molar-refractivity contribution in [2.45, 2.75) is 26.3 Å². The summed E-state index contributed by atoms with van der Waals surface area (Å²) in [6.45, 7) is 4.56. The zero-order chi connectivity index (χ0) is 20.6. The quantitative estimate of drug-likeness (QED) is 0.371. The standard InChI is InChI=1S/C20H19N3O5/c1-12-4-8-15(9-5-12)20(3)18(25)22(19(26)21-20)11-17(24)14-7-6-13(2)16(10-14)23(27)28/h4-10H,11H2,1-3H3,(H,21,26)/t20-/m1/s1. The van der Waals surface area contributed by atoms with Crippen LogP contribution >= 0.6 is 0 Å². The summed E-state index contributed by atoms with van der Waals surface area (Å²) in [5.41, 5.74) is 0.650. The largest absolute Gasteiger partial charge is 0.325 e. The predicted molar refractivity (Wildman–Crippen MR) is 101 cm³/mol. The Morgan fingerprint density at radius 3 is 2.39 bits per heavy atom. The average molecular weight is 381 g/mol. The maximum Gasteiger partial charge on any atom is 0.325 e. The molecule has 0 radical (unpaired) electrons. The molecular formula is C20H19N3O5. The molecule has 1 saturated heterocycles. The van der Waals surface area contributed by atoms with Gasteiger partial charge >= 0.3 is 6.03 Å². The molecule has 1 fully saturated rings. The van der Waals surface area contributed by atoms with Gasteiger partial charge < -0.3 is 5.32 Å². The van der Waals surface area contributed by atoms with E-state index in [-0.39, 0.29) is 11.3 Å². The summed E-state index contributed by atoms with van der Waals surface area (Å²) in [5.74, 6) is -1.10. The smallest absolute Gasteiger partial charge is 0.319 e. The van der Waals surface area contributed by atoms with Crippen molar-refractivity contribution in [1.82, 2.24) is 10.2 Å². The minimum absolute atomic E-state index is 0.0711. The highest BCUT2D eigenvalue weighted by Crippen LogP contribution is 2.29. The number of hydrogen-bond donors (Lipinski definition) is 1. The minimum Gasteiger partial charge on any atom is -0.319 e. The molecule has 1 atom stereocenters. The fourth-order valence-corrected chi connectivity index (χ4v) is 3.14. The molecule has 8 heteroatoms. The van der Waals surface area contributed by atoms with E-state index in [0.29, 0.717) is 11.1 Å². The molecule has 28 heavy (non-hydrogen) atoms. The Hall–Kier alpha value is -3.55. The molecule has 1 heterocycles. The third kappa shape index (κ3) is 3.24. The zero-order valence-electron chi connectivity index (χ0n) is 15.7. The van der Waals surface area contributed by atoms with Crippen molar-refractivity contribution in [3.63, 3.8) is 0 Å². The molecule has 1 aliphatic rings. The zero-order valence-corrected chi connectivity index (χ0v) is 15.7. The second-order valence-electron chi connectivity index (χ2n) is 6.99. The number of carbonyl (C=O) groups is 3. The van der Waals surface area contributed by atoms with E-state index in [9.17, 15) is 24.5 Å². The van der Waals surface area contributed by atoms with Crippen molar-refractivity contribution in [2.24, 2.45) is 0 Å². The van der Waals surface area contributed by atoms with E-state index >= 15 is 0 Å². The van der Waals surface area contributed by atoms with Crippen molar-refractivity contribution < 1.29 is 19.3 Å². The number of nitrogens with one attached hydrogen (secondary N) is 1. The number of amides is 3. The Morgan fingerprint density at radius 2 is 1.79 bits per heavy atom. The molecule has 0 saturated carbocycles. The highest BCUT2D eigenvalue weighted by molar-refractivity contribution is 6.11. The van der Waals surface area contributed by atoms with E-state index in [1.807, 2.05) is 19.1 Å². The Bertz CT molecular complexity index is 999. The van der Waals surface area contributed by atoms with Gasteiger partial charge in [-0.3, -0.25) is 24.6 Å². The number of benzene rings is 2. The number of Topliss-reactive ketones (excluding diaryl/α,β-unsaturated/α-hetero) is 1. The van der Waals surface area contributed by atoms with Gasteiger partial charge in [0.2, 0.25) is 0 Å². The number of nitro groups is 1. The molecule has 0 spiro atoms. The first-order valence-corrected chi connectivity index (χ1v) is 8.63. The van der Waals surface area contributed by atoms with E-state index in [1.165, 1.54) is 12.1 Å². The Morgan fingerprint density at radius 1 is 1.14 bits per heavy atom. The summed E-state index contributed by atoms with van der Waals surface area (Å²) >= 11 is 0. The number of aryl methyl sites for hydroxylation is 2. The first-order chi connectivity index (χ1) is 13.1. The van der Waals surface area contributed by atoms with Crippen LogP contribution in [0, 0.1) is 24.0 Å². The molecule has 0 bridgehead atoms. The lowest BCUT2D eigenvalue weighted by molar-refractivity contribution is -0.385. The Balaban J connectivity index is 1.85. The summed E-state index contributed by atoms with van der Waals surface area (Å²) in [6, 6.07) is 10.6. The first kappa shape index (κ1) is 19.2. The SMILES string of the molecule is Cc1ccc([C@@]2(C)NC(=O)N(CC(=O)c3ccc(C)c([N+](=O)[O-])c3)C2=O)cc1. The molecule has 0 unspecified atom stereocenters. The summed E-state index contributed by atoms with van der Waals surface area (Å²) in [4.78, 5) is 49.2. The number of imide groups is 1. The molecule has 0 aromatic heterocycles. The van der Waals surface area contributed by atoms with E-state index < -0.39 is 34.7 Å². The maximum atomic E-state index is 12.9. The monoisotopic (exact) mass is 381 g/mol. The highest BCUT2D eigenvalue weighted by atomic mass is 16.6. The van der Waals surface area contributed by atoms with Crippen molar-refractivity contribution in [2.75, 3.05) is 6.54 Å². The fraction of sp³-hybridized carbons (Fsp3) is 0.250. The molecule has 0 aliphatic carbocycles. The van der Waals surface area contributed by atoms with Gasteiger partial charge in [0.1, 0.15) is 5.54 Å². The van der Waals surface area contributed by atoms with Crippen LogP contribution in [0.3, 0.4) is 0 Å². The Labute approximate surface area is 161 Å². The van der Waals surface area contributed by atoms with Gasteiger partial charge in [-0.05, 0) is 26.3 Å². The average Bonchev–Trinajstić information content (AvgIpc) is 2.86. The van der Waals surface area contributed by atoms with Crippen LogP contribution in [0.15, 0.2) is 42.5 Å². The molecule has 3 rings (SSSR count). The second-order valence-corrected chi connectivity index (χ2v) is 6.99. The second kappa shape index (κ2) is 6.88. The summed E-state index contributed by atoms with van der Waals surface area (Å²) < 4.78 is 0. The van der Waals surface area contributed by atoms with Crippen LogP contribution in [0.4, 0.5) is 10.5 Å². The highest BCUT2D eigenvalue weighted by Gasteiger charge is 2.49. The number of ketones is 1. The molecule has 3 amide bonds. The molecule has 144 valence electrons. The Kier molecular flexibility index (Phi) is 4.72. The van der Waals surface area contributed by atoms with Crippen LogP contribution < -0.4 is 5.32 Å². The molecular weight excluding hydrogens is 362 g/mol. The topological polar surface area (TPSA) is 110 Å². The summed E-state index contributed by atoms with van der Waals surface area (Å²) in [7, 11) is 0. The molecule has 8 nitrogen and oxygen atoms in total. The van der Waals surface area contributed by atoms with Crippen LogP contribution in [-0.4, -0.2) is 34.1 Å². The third-order valence-electron chi connectivity index (χ3n) is 4.93. The lowest BCUT2D eigenvalue weighted by atomic mass is 9.91. The molecule has 1 N–H and O–H groups in total. The van der Waals surface area contributed by atoms with Crippen LogP contribution in [0.5, 0.6) is 0 Å². The van der Waals surface area contributed by atoms with Crippen molar-refractivity contribution in [3.8, 4) is 0 Å². The van der Waals surface area contributed by atoms with Crippen LogP contribution in [0.1, 0.15) is 34.0 Å². The van der Waals surface area contributed by atoms with Gasteiger partial charge in [0.25, 0.3) is 11.6 Å². The predicted octanol–water partition coefficient (Wildman–Crippen LogP) is 2.86. The number of rotatable bonds is 5. The van der Waals surface area contributed by atoms with E-state index in [1.54, 1.807) is 26.0 Å².